The number of nitrogens with two attached hydrogens (primary N) is 1. The maximum atomic E-state index is 11.9. The number of esters is 2. The van der Waals surface area contributed by atoms with Crippen molar-refractivity contribution in [2.24, 2.45) is 5.73 Å². The molecule has 0 bridgehead atoms. The van der Waals surface area contributed by atoms with Gasteiger partial charge < -0.3 is 15.6 Å². The number of carbonyl (C=O) groups is 2. The van der Waals surface area contributed by atoms with Crippen molar-refractivity contribution in [3.8, 4) is 5.75 Å². The van der Waals surface area contributed by atoms with E-state index in [9.17, 15) is 14.7 Å². The number of ether oxygens (including phenoxy) is 1. The molecule has 1 aromatic rings. The first-order valence-corrected chi connectivity index (χ1v) is 9.81. The first-order chi connectivity index (χ1) is 12.5. The number of aromatic hydroxyl groups is 1. The summed E-state index contributed by atoms with van der Waals surface area (Å²) in [4.78, 5) is 23.6. The van der Waals surface area contributed by atoms with Crippen molar-refractivity contribution in [2.45, 2.75) is 83.6 Å². The van der Waals surface area contributed by atoms with E-state index in [2.05, 4.69) is 6.92 Å². The van der Waals surface area contributed by atoms with Crippen LogP contribution in [0.3, 0.4) is 0 Å². The maximum absolute atomic E-state index is 11.9. The van der Waals surface area contributed by atoms with Crippen LogP contribution in [0.25, 0.3) is 0 Å². The fraction of sp³-hybridized carbons (Fsp3) is 0.619. The average molecular weight is 387 g/mol. The van der Waals surface area contributed by atoms with Gasteiger partial charge in [-0.05, 0) is 30.5 Å². The Morgan fingerprint density at radius 3 is 2.04 bits per heavy atom. The molecule has 0 saturated heterocycles. The Hall–Kier alpha value is -0.880. The molecule has 0 heterocycles. The molecule has 0 aliphatic rings. The number of rotatable bonds is 13. The summed E-state index contributed by atoms with van der Waals surface area (Å²) in [5.74, 6) is -1.04. The summed E-state index contributed by atoms with van der Waals surface area (Å²) in [6.07, 6.45) is 11.0. The number of hydrogen-bond acceptors (Lipinski definition) is 5. The Morgan fingerprint density at radius 2 is 1.48 bits per heavy atom. The van der Waals surface area contributed by atoms with E-state index in [0.29, 0.717) is 0 Å². The van der Waals surface area contributed by atoms with Crippen LogP contribution in [0.2, 0.25) is 0 Å². The molecule has 0 spiro atoms. The summed E-state index contributed by atoms with van der Waals surface area (Å²) in [6.45, 7) is 2.21. The number of benzene rings is 1. The van der Waals surface area contributed by atoms with Crippen LogP contribution in [0.1, 0.15) is 76.7 Å². The van der Waals surface area contributed by atoms with Crippen LogP contribution >= 0.6 is 0 Å². The van der Waals surface area contributed by atoms with E-state index in [1.807, 2.05) is 0 Å². The summed E-state index contributed by atoms with van der Waals surface area (Å²) in [5, 5.41) is 9.24. The molecule has 0 amide bonds. The van der Waals surface area contributed by atoms with Crippen LogP contribution in [0.4, 0.5) is 0 Å². The molecule has 1 rings (SSSR count). The van der Waals surface area contributed by atoms with Crippen LogP contribution in [-0.2, 0) is 20.7 Å². The second kappa shape index (κ2) is 16.1. The van der Waals surface area contributed by atoms with Gasteiger partial charge in [0, 0.05) is 6.42 Å². The van der Waals surface area contributed by atoms with Crippen molar-refractivity contribution in [3.05, 3.63) is 29.8 Å². The number of carbonyl (C=O) groups excluding carboxylic acids is 2. The average Bonchev–Trinajstić information content (AvgIpc) is 2.62. The van der Waals surface area contributed by atoms with Gasteiger partial charge in [0.2, 0.25) is 0 Å². The van der Waals surface area contributed by atoms with Crippen LogP contribution in [0.5, 0.6) is 5.75 Å². The van der Waals surface area contributed by atoms with Crippen LogP contribution in [0.15, 0.2) is 24.3 Å². The summed E-state index contributed by atoms with van der Waals surface area (Å²) in [6, 6.07) is 5.55. The summed E-state index contributed by atoms with van der Waals surface area (Å²) >= 11 is 0. The molecule has 5 nitrogen and oxygen atoms in total. The Balaban J connectivity index is 0.00000676. The minimum absolute atomic E-state index is 0. The van der Waals surface area contributed by atoms with E-state index in [1.165, 1.54) is 50.7 Å². The fourth-order valence-corrected chi connectivity index (χ4v) is 2.79. The first kappa shape index (κ1) is 26.1. The van der Waals surface area contributed by atoms with E-state index >= 15 is 0 Å². The summed E-state index contributed by atoms with van der Waals surface area (Å²) < 4.78 is 4.83. The van der Waals surface area contributed by atoms with Crippen molar-refractivity contribution in [1.29, 1.82) is 0 Å². The third-order valence-electron chi connectivity index (χ3n) is 4.39. The summed E-state index contributed by atoms with van der Waals surface area (Å²) in [5.41, 5.74) is 6.59. The summed E-state index contributed by atoms with van der Waals surface area (Å²) in [7, 11) is 0. The predicted octanol–water partition coefficient (Wildman–Crippen LogP) is 3.60. The van der Waals surface area contributed by atoms with E-state index in [4.69, 9.17) is 10.5 Å². The van der Waals surface area contributed by atoms with Crippen molar-refractivity contribution in [3.63, 3.8) is 0 Å². The molecular formula is C21H34NNaO4. The second-order valence-electron chi connectivity index (χ2n) is 6.85. The molecule has 0 aliphatic carbocycles. The second-order valence-corrected chi connectivity index (χ2v) is 6.85. The topological polar surface area (TPSA) is 89.6 Å². The fourth-order valence-electron chi connectivity index (χ4n) is 2.79. The molecule has 148 valence electrons. The van der Waals surface area contributed by atoms with Gasteiger partial charge in [0.1, 0.15) is 11.8 Å². The molecule has 0 radical (unpaired) electrons. The van der Waals surface area contributed by atoms with Gasteiger partial charge >= 0.3 is 41.5 Å². The monoisotopic (exact) mass is 387 g/mol. The van der Waals surface area contributed by atoms with Crippen LogP contribution in [-0.4, -0.2) is 52.6 Å². The van der Waals surface area contributed by atoms with Gasteiger partial charge in [-0.3, -0.25) is 4.79 Å². The molecular weight excluding hydrogens is 353 g/mol. The standard InChI is InChI=1S/C21H33NO4.Na.H/c1-2-3-4-5-6-7-8-9-10-11-20(24)26-21(25)19(22)16-17-12-14-18(23)15-13-17;;/h12-15,19,23H,2-11,16,22H2,1H3;;. The quantitative estimate of drug-likeness (QED) is 0.234. The Kier molecular flexibility index (Phi) is 15.6. The van der Waals surface area contributed by atoms with Crippen molar-refractivity contribution in [2.75, 3.05) is 0 Å². The van der Waals surface area contributed by atoms with Crippen LogP contribution < -0.4 is 5.73 Å². The molecule has 0 aliphatic heterocycles. The van der Waals surface area contributed by atoms with Crippen molar-refractivity contribution < 1.29 is 19.4 Å². The van der Waals surface area contributed by atoms with Gasteiger partial charge in [-0.2, -0.15) is 0 Å². The number of phenolic OH excluding ortho intramolecular Hbond substituents is 1. The molecule has 0 saturated carbocycles. The molecule has 6 heteroatoms. The number of unbranched alkanes of at least 4 members (excludes halogenated alkanes) is 8. The first-order valence-electron chi connectivity index (χ1n) is 9.81. The van der Waals surface area contributed by atoms with Gasteiger partial charge in [0.15, 0.2) is 0 Å². The predicted molar refractivity (Wildman–Crippen MR) is 110 cm³/mol. The zero-order valence-electron chi connectivity index (χ0n) is 15.9. The number of phenols is 1. The van der Waals surface area contributed by atoms with Crippen molar-refractivity contribution in [1.82, 2.24) is 0 Å². The Labute approximate surface area is 185 Å². The van der Waals surface area contributed by atoms with E-state index in [-0.39, 0.29) is 48.1 Å². The Morgan fingerprint density at radius 1 is 0.963 bits per heavy atom. The van der Waals surface area contributed by atoms with Gasteiger partial charge in [-0.15, -0.1) is 0 Å². The van der Waals surface area contributed by atoms with Gasteiger partial charge in [-0.25, -0.2) is 4.79 Å². The third kappa shape index (κ3) is 13.0. The molecule has 0 aromatic heterocycles. The normalized spacial score (nSPS) is 11.5. The van der Waals surface area contributed by atoms with Gasteiger partial charge in [-0.1, -0.05) is 70.4 Å². The molecule has 1 unspecified atom stereocenters. The SMILES string of the molecule is CCCCCCCCCCCC(=O)OC(=O)C(N)Cc1ccc(O)cc1.[NaH]. The molecule has 1 atom stereocenters. The van der Waals surface area contributed by atoms with E-state index in [1.54, 1.807) is 12.1 Å². The molecule has 1 aromatic carbocycles. The third-order valence-corrected chi connectivity index (χ3v) is 4.39. The molecule has 3 N–H and O–H groups in total. The van der Waals surface area contributed by atoms with Crippen molar-refractivity contribution >= 4 is 41.5 Å². The molecule has 27 heavy (non-hydrogen) atoms. The Bertz CT molecular complexity index is 533. The van der Waals surface area contributed by atoms with Crippen LogP contribution in [0, 0.1) is 0 Å². The zero-order chi connectivity index (χ0) is 19.2. The number of hydrogen-bond donors (Lipinski definition) is 2. The zero-order valence-corrected chi connectivity index (χ0v) is 15.9. The van der Waals surface area contributed by atoms with Gasteiger partial charge in [0.05, 0.1) is 0 Å². The molecule has 0 fully saturated rings. The van der Waals surface area contributed by atoms with Gasteiger partial charge in [0.25, 0.3) is 0 Å². The van der Waals surface area contributed by atoms with E-state index in [0.717, 1.165) is 24.8 Å². The van der Waals surface area contributed by atoms with E-state index < -0.39 is 18.0 Å². The minimum atomic E-state index is -0.883.